The number of nitrogens with zero attached hydrogens (tertiary/aromatic N) is 1. The number of Topliss-reactive ketones (excluding diaryl/α,β-unsaturated/α-hetero) is 1. The van der Waals surface area contributed by atoms with Gasteiger partial charge in [0.15, 0.2) is 5.78 Å². The molecule has 0 N–H and O–H groups in total. The van der Waals surface area contributed by atoms with E-state index in [4.69, 9.17) is 0 Å². The van der Waals surface area contributed by atoms with Gasteiger partial charge in [-0.2, -0.15) is 0 Å². The molecule has 2 rings (SSSR count). The highest BCUT2D eigenvalue weighted by molar-refractivity contribution is 6.00. The molecule has 0 saturated carbocycles. The third-order valence-corrected chi connectivity index (χ3v) is 4.52. The molecule has 0 bridgehead atoms. The van der Waals surface area contributed by atoms with Crippen molar-refractivity contribution in [3.8, 4) is 0 Å². The highest BCUT2D eigenvalue weighted by Crippen LogP contribution is 2.21. The molecule has 0 spiro atoms. The van der Waals surface area contributed by atoms with Crippen LogP contribution in [0.15, 0.2) is 30.3 Å². The van der Waals surface area contributed by atoms with Crippen LogP contribution in [0.3, 0.4) is 0 Å². The Bertz CT molecular complexity index is 409. The van der Waals surface area contributed by atoms with Crippen molar-refractivity contribution >= 4 is 5.78 Å². The van der Waals surface area contributed by atoms with Gasteiger partial charge in [-0.3, -0.25) is 9.69 Å². The van der Waals surface area contributed by atoms with Crippen molar-refractivity contribution in [2.75, 3.05) is 13.1 Å². The lowest BCUT2D eigenvalue weighted by Crippen LogP contribution is -2.39. The summed E-state index contributed by atoms with van der Waals surface area (Å²) in [5.41, 5.74) is 0.878. The number of hydrogen-bond acceptors (Lipinski definition) is 2. The lowest BCUT2D eigenvalue weighted by atomic mass is 9.97. The third kappa shape index (κ3) is 4.96. The molecule has 1 fully saturated rings. The number of benzene rings is 1. The summed E-state index contributed by atoms with van der Waals surface area (Å²) in [5.74, 6) is 0.327. The summed E-state index contributed by atoms with van der Waals surface area (Å²) in [6, 6.07) is 9.94. The van der Waals surface area contributed by atoms with Crippen LogP contribution >= 0.6 is 0 Å². The number of carbonyl (C=O) groups excluding carboxylic acids is 1. The molecule has 2 nitrogen and oxygen atoms in total. The highest BCUT2D eigenvalue weighted by atomic mass is 16.1. The first-order valence-electron chi connectivity index (χ1n) is 8.66. The molecule has 0 radical (unpaired) electrons. The Morgan fingerprint density at radius 1 is 1.05 bits per heavy atom. The van der Waals surface area contributed by atoms with Crippen LogP contribution in [0.4, 0.5) is 0 Å². The Morgan fingerprint density at radius 3 is 2.38 bits per heavy atom. The van der Waals surface area contributed by atoms with Crippen LogP contribution in [0.25, 0.3) is 0 Å². The van der Waals surface area contributed by atoms with E-state index in [1.165, 1.54) is 44.9 Å². The smallest absolute Gasteiger partial charge is 0.179 e. The molecule has 1 aromatic carbocycles. The van der Waals surface area contributed by atoms with E-state index in [9.17, 15) is 4.79 Å². The summed E-state index contributed by atoms with van der Waals surface area (Å²) in [6.45, 7) is 4.43. The van der Waals surface area contributed by atoms with Gasteiger partial charge in [-0.15, -0.1) is 0 Å². The van der Waals surface area contributed by atoms with E-state index < -0.39 is 0 Å². The second-order valence-corrected chi connectivity index (χ2v) is 6.19. The molecule has 1 atom stereocenters. The Hall–Kier alpha value is -1.15. The van der Waals surface area contributed by atoms with Crippen molar-refractivity contribution < 1.29 is 4.79 Å². The molecule has 1 heterocycles. The number of carbonyl (C=O) groups is 1. The zero-order valence-corrected chi connectivity index (χ0v) is 13.4. The van der Waals surface area contributed by atoms with Crippen LogP contribution in [0.2, 0.25) is 0 Å². The van der Waals surface area contributed by atoms with Crippen LogP contribution in [0.1, 0.15) is 68.6 Å². The summed E-state index contributed by atoms with van der Waals surface area (Å²) in [4.78, 5) is 15.2. The van der Waals surface area contributed by atoms with Crippen LogP contribution in [0.5, 0.6) is 0 Å². The molecular formula is C19H29NO. The first-order chi connectivity index (χ1) is 10.3. The molecular weight excluding hydrogens is 258 g/mol. The fraction of sp³-hybridized carbons (Fsp3) is 0.632. The quantitative estimate of drug-likeness (QED) is 0.485. The fourth-order valence-corrected chi connectivity index (χ4v) is 3.27. The van der Waals surface area contributed by atoms with Gasteiger partial charge in [0.2, 0.25) is 0 Å². The van der Waals surface area contributed by atoms with E-state index in [-0.39, 0.29) is 6.04 Å². The minimum absolute atomic E-state index is 0.108. The predicted molar refractivity (Wildman–Crippen MR) is 88.7 cm³/mol. The van der Waals surface area contributed by atoms with Crippen molar-refractivity contribution in [2.24, 2.45) is 0 Å². The van der Waals surface area contributed by atoms with E-state index in [2.05, 4.69) is 11.8 Å². The second-order valence-electron chi connectivity index (χ2n) is 6.19. The third-order valence-electron chi connectivity index (χ3n) is 4.52. The maximum atomic E-state index is 12.8. The van der Waals surface area contributed by atoms with E-state index >= 15 is 0 Å². The Labute approximate surface area is 129 Å². The maximum absolute atomic E-state index is 12.8. The SMILES string of the molecule is CCCCCCCC(C(=O)c1ccccc1)N1CCCC1. The topological polar surface area (TPSA) is 20.3 Å². The molecule has 2 heteroatoms. The van der Waals surface area contributed by atoms with Gasteiger partial charge in [-0.25, -0.2) is 0 Å². The molecule has 1 unspecified atom stereocenters. The molecule has 0 aliphatic carbocycles. The molecule has 1 saturated heterocycles. The van der Waals surface area contributed by atoms with Crippen LogP contribution in [0, 0.1) is 0 Å². The Morgan fingerprint density at radius 2 is 1.71 bits per heavy atom. The summed E-state index contributed by atoms with van der Waals surface area (Å²) >= 11 is 0. The van der Waals surface area contributed by atoms with Crippen LogP contribution in [-0.4, -0.2) is 29.8 Å². The minimum atomic E-state index is 0.108. The van der Waals surface area contributed by atoms with E-state index in [1.807, 2.05) is 30.3 Å². The number of likely N-dealkylation sites (tertiary alicyclic amines) is 1. The van der Waals surface area contributed by atoms with Crippen molar-refractivity contribution in [3.63, 3.8) is 0 Å². The van der Waals surface area contributed by atoms with E-state index in [0.29, 0.717) is 5.78 Å². The molecule has 1 aromatic rings. The number of unbranched alkanes of at least 4 members (excludes halogenated alkanes) is 4. The van der Waals surface area contributed by atoms with Gasteiger partial charge in [-0.1, -0.05) is 69.4 Å². The molecule has 1 aliphatic heterocycles. The number of ketones is 1. The van der Waals surface area contributed by atoms with Gasteiger partial charge >= 0.3 is 0 Å². The molecule has 21 heavy (non-hydrogen) atoms. The second kappa shape index (κ2) is 8.99. The maximum Gasteiger partial charge on any atom is 0.179 e. The zero-order valence-electron chi connectivity index (χ0n) is 13.4. The normalized spacial score (nSPS) is 17.0. The van der Waals surface area contributed by atoms with E-state index in [0.717, 1.165) is 25.1 Å². The van der Waals surface area contributed by atoms with Gasteiger partial charge in [0.25, 0.3) is 0 Å². The average molecular weight is 287 g/mol. The van der Waals surface area contributed by atoms with Gasteiger partial charge in [-0.05, 0) is 32.4 Å². The first-order valence-corrected chi connectivity index (χ1v) is 8.66. The highest BCUT2D eigenvalue weighted by Gasteiger charge is 2.28. The summed E-state index contributed by atoms with van der Waals surface area (Å²) in [6.07, 6.45) is 9.86. The molecule has 1 aliphatic rings. The fourth-order valence-electron chi connectivity index (χ4n) is 3.27. The predicted octanol–water partition coefficient (Wildman–Crippen LogP) is 4.69. The summed E-state index contributed by atoms with van der Waals surface area (Å²) < 4.78 is 0. The first kappa shape index (κ1) is 16.2. The standard InChI is InChI=1S/C19H29NO/c1-2-3-4-5-9-14-18(20-15-10-11-16-20)19(21)17-12-7-6-8-13-17/h6-8,12-13,18H,2-5,9-11,14-16H2,1H3. The number of rotatable bonds is 9. The van der Waals surface area contributed by atoms with Crippen molar-refractivity contribution in [1.82, 2.24) is 4.90 Å². The molecule has 116 valence electrons. The van der Waals surface area contributed by atoms with Gasteiger partial charge < -0.3 is 0 Å². The van der Waals surface area contributed by atoms with E-state index in [1.54, 1.807) is 0 Å². The van der Waals surface area contributed by atoms with Crippen molar-refractivity contribution in [1.29, 1.82) is 0 Å². The largest absolute Gasteiger partial charge is 0.293 e. The van der Waals surface area contributed by atoms with Gasteiger partial charge in [0.1, 0.15) is 0 Å². The average Bonchev–Trinajstić information content (AvgIpc) is 3.05. The monoisotopic (exact) mass is 287 g/mol. The van der Waals surface area contributed by atoms with Crippen LogP contribution < -0.4 is 0 Å². The summed E-state index contributed by atoms with van der Waals surface area (Å²) in [5, 5.41) is 0. The van der Waals surface area contributed by atoms with Crippen molar-refractivity contribution in [3.05, 3.63) is 35.9 Å². The van der Waals surface area contributed by atoms with Gasteiger partial charge in [0.05, 0.1) is 6.04 Å². The van der Waals surface area contributed by atoms with Crippen LogP contribution in [-0.2, 0) is 0 Å². The summed E-state index contributed by atoms with van der Waals surface area (Å²) in [7, 11) is 0. The lowest BCUT2D eigenvalue weighted by Gasteiger charge is -2.26. The molecule has 0 aromatic heterocycles. The minimum Gasteiger partial charge on any atom is -0.293 e. The van der Waals surface area contributed by atoms with Gasteiger partial charge in [0, 0.05) is 5.56 Å². The Balaban J connectivity index is 1.93. The zero-order chi connectivity index (χ0) is 14.9. The Kier molecular flexibility index (Phi) is 6.94. The molecule has 0 amide bonds. The number of hydrogen-bond donors (Lipinski definition) is 0. The lowest BCUT2D eigenvalue weighted by molar-refractivity contribution is 0.0834. The van der Waals surface area contributed by atoms with Crippen molar-refractivity contribution in [2.45, 2.75) is 64.3 Å².